The molecule has 6 aromatic rings. The predicted octanol–water partition coefficient (Wildman–Crippen LogP) is 16.3. The highest BCUT2D eigenvalue weighted by molar-refractivity contribution is 6.62. The summed E-state index contributed by atoms with van der Waals surface area (Å²) in [5, 5.41) is 0. The van der Waals surface area contributed by atoms with E-state index in [1.807, 2.05) is 0 Å². The van der Waals surface area contributed by atoms with Crippen molar-refractivity contribution in [1.82, 2.24) is 0 Å². The Hall–Kier alpha value is -4.70. The van der Waals surface area contributed by atoms with E-state index in [4.69, 9.17) is 9.31 Å². The van der Waals surface area contributed by atoms with Crippen LogP contribution in [0.4, 0.5) is 0 Å². The van der Waals surface area contributed by atoms with Crippen LogP contribution in [0.15, 0.2) is 127 Å². The summed E-state index contributed by atoms with van der Waals surface area (Å²) in [5.74, 6) is 0. The first-order chi connectivity index (χ1) is 30.4. The van der Waals surface area contributed by atoms with E-state index in [-0.39, 0.29) is 29.2 Å². The Morgan fingerprint density at radius 2 is 0.762 bits per heavy atom. The van der Waals surface area contributed by atoms with Gasteiger partial charge in [0.05, 0.1) is 11.2 Å². The van der Waals surface area contributed by atoms with Crippen molar-refractivity contribution in [1.29, 1.82) is 0 Å². The molecule has 2 nitrogen and oxygen atoms in total. The summed E-state index contributed by atoms with van der Waals surface area (Å²) in [4.78, 5) is 0. The van der Waals surface area contributed by atoms with Crippen LogP contribution in [0.2, 0.25) is 0 Å². The molecule has 0 radical (unpaired) electrons. The van der Waals surface area contributed by atoms with Crippen LogP contribution < -0.4 is 5.46 Å². The van der Waals surface area contributed by atoms with Crippen LogP contribution in [0.25, 0.3) is 55.6 Å². The van der Waals surface area contributed by atoms with Crippen molar-refractivity contribution >= 4 is 12.6 Å². The van der Waals surface area contributed by atoms with E-state index in [9.17, 15) is 0 Å². The molecule has 1 aliphatic heterocycles. The van der Waals surface area contributed by atoms with E-state index >= 15 is 0 Å². The van der Waals surface area contributed by atoms with Crippen molar-refractivity contribution in [3.8, 4) is 55.6 Å². The maximum absolute atomic E-state index is 6.30. The average molecular weight is 833 g/mol. The molecule has 0 amide bonds. The smallest absolute Gasteiger partial charge is 0.399 e. The van der Waals surface area contributed by atoms with Gasteiger partial charge in [-0.05, 0) is 142 Å². The summed E-state index contributed by atoms with van der Waals surface area (Å²) in [5.41, 5.74) is 19.5. The van der Waals surface area contributed by atoms with E-state index < -0.39 is 0 Å². The molecule has 0 aromatic heterocycles. The molecule has 0 spiro atoms. The molecule has 3 heteroatoms. The van der Waals surface area contributed by atoms with E-state index in [0.29, 0.717) is 0 Å². The maximum atomic E-state index is 6.30. The third kappa shape index (κ3) is 7.97. The molecule has 3 aliphatic rings. The van der Waals surface area contributed by atoms with Gasteiger partial charge in [-0.15, -0.1) is 0 Å². The Balaban J connectivity index is 0.971. The van der Waals surface area contributed by atoms with E-state index in [1.54, 1.807) is 11.1 Å². The van der Waals surface area contributed by atoms with E-state index in [0.717, 1.165) is 5.46 Å². The lowest BCUT2D eigenvalue weighted by molar-refractivity contribution is 0.00578. The van der Waals surface area contributed by atoms with Crippen molar-refractivity contribution in [3.05, 3.63) is 150 Å². The summed E-state index contributed by atoms with van der Waals surface area (Å²) in [6, 6.07) is 49.0. The molecule has 9 rings (SSSR count). The van der Waals surface area contributed by atoms with Crippen LogP contribution in [0.5, 0.6) is 0 Å². The highest BCUT2D eigenvalue weighted by atomic mass is 16.7. The van der Waals surface area contributed by atoms with Gasteiger partial charge in [0.1, 0.15) is 0 Å². The summed E-state index contributed by atoms with van der Waals surface area (Å²) in [6.45, 7) is 17.9. The first-order valence-corrected chi connectivity index (χ1v) is 24.5. The fourth-order valence-corrected chi connectivity index (χ4v) is 11.1. The zero-order valence-corrected chi connectivity index (χ0v) is 39.5. The molecule has 1 fully saturated rings. The lowest BCUT2D eigenvalue weighted by atomic mass is 9.70. The summed E-state index contributed by atoms with van der Waals surface area (Å²) >= 11 is 0. The zero-order valence-electron chi connectivity index (χ0n) is 39.5. The van der Waals surface area contributed by atoms with Crippen LogP contribution in [-0.2, 0) is 20.1 Å². The van der Waals surface area contributed by atoms with Crippen molar-refractivity contribution < 1.29 is 9.31 Å². The van der Waals surface area contributed by atoms with Crippen LogP contribution >= 0.6 is 0 Å². The Labute approximate surface area is 380 Å². The Kier molecular flexibility index (Phi) is 12.0. The normalized spacial score (nSPS) is 18.6. The number of benzene rings is 6. The second-order valence-electron chi connectivity index (χ2n) is 20.6. The first kappa shape index (κ1) is 43.6. The topological polar surface area (TPSA) is 18.5 Å². The van der Waals surface area contributed by atoms with Gasteiger partial charge in [0.15, 0.2) is 0 Å². The number of unbranched alkanes of at least 4 members (excludes halogenated alkanes) is 8. The number of fused-ring (bicyclic) bond motifs is 6. The van der Waals surface area contributed by atoms with Gasteiger partial charge in [-0.1, -0.05) is 201 Å². The minimum Gasteiger partial charge on any atom is -0.399 e. The Morgan fingerprint density at radius 1 is 0.381 bits per heavy atom. The fraction of sp³-hybridized carbons (Fsp3) is 0.400. The number of hydrogen-bond donors (Lipinski definition) is 0. The zero-order chi connectivity index (χ0) is 44.0. The van der Waals surface area contributed by atoms with Gasteiger partial charge in [0, 0.05) is 10.8 Å². The lowest BCUT2D eigenvalue weighted by Crippen LogP contribution is -2.41. The summed E-state index contributed by atoms with van der Waals surface area (Å²) in [7, 11) is -0.351. The van der Waals surface area contributed by atoms with Crippen LogP contribution in [0.1, 0.15) is 155 Å². The Bertz CT molecular complexity index is 2560. The number of rotatable bonds is 16. The Morgan fingerprint density at radius 3 is 1.30 bits per heavy atom. The molecule has 1 saturated heterocycles. The predicted molar refractivity (Wildman–Crippen MR) is 269 cm³/mol. The van der Waals surface area contributed by atoms with Gasteiger partial charge in [0.2, 0.25) is 0 Å². The monoisotopic (exact) mass is 833 g/mol. The van der Waals surface area contributed by atoms with Crippen LogP contribution in [0, 0.1) is 0 Å². The molecule has 2 aliphatic carbocycles. The van der Waals surface area contributed by atoms with E-state index in [1.165, 1.54) is 144 Å². The van der Waals surface area contributed by atoms with Crippen molar-refractivity contribution in [2.45, 2.75) is 154 Å². The molecule has 6 aromatic carbocycles. The van der Waals surface area contributed by atoms with Crippen molar-refractivity contribution in [2.24, 2.45) is 0 Å². The van der Waals surface area contributed by atoms with Gasteiger partial charge in [-0.3, -0.25) is 0 Å². The molecule has 0 N–H and O–H groups in total. The molecular formula is C60H69BO2. The van der Waals surface area contributed by atoms with Gasteiger partial charge in [0.25, 0.3) is 0 Å². The molecule has 1 unspecified atom stereocenters. The summed E-state index contributed by atoms with van der Waals surface area (Å²) < 4.78 is 12.6. The first-order valence-electron chi connectivity index (χ1n) is 24.5. The third-order valence-electron chi connectivity index (χ3n) is 15.7. The van der Waals surface area contributed by atoms with E-state index in [2.05, 4.69) is 183 Å². The molecule has 324 valence electrons. The third-order valence-corrected chi connectivity index (χ3v) is 15.7. The number of hydrogen-bond acceptors (Lipinski definition) is 2. The summed E-state index contributed by atoms with van der Waals surface area (Å²) in [6.07, 6.45) is 15.7. The molecule has 0 bridgehead atoms. The minimum atomic E-state index is -0.352. The highest BCUT2D eigenvalue weighted by Crippen LogP contribution is 2.56. The van der Waals surface area contributed by atoms with Crippen LogP contribution in [-0.4, -0.2) is 18.3 Å². The van der Waals surface area contributed by atoms with Gasteiger partial charge < -0.3 is 9.31 Å². The molecule has 63 heavy (non-hydrogen) atoms. The molecule has 1 atom stereocenters. The van der Waals surface area contributed by atoms with Gasteiger partial charge in [-0.25, -0.2) is 0 Å². The second kappa shape index (κ2) is 17.4. The average Bonchev–Trinajstić information content (AvgIpc) is 3.79. The molecular weight excluding hydrogens is 763 g/mol. The highest BCUT2D eigenvalue weighted by Gasteiger charge is 2.51. The maximum Gasteiger partial charge on any atom is 0.494 e. The minimum absolute atomic E-state index is 0.0844. The van der Waals surface area contributed by atoms with Crippen LogP contribution in [0.3, 0.4) is 0 Å². The van der Waals surface area contributed by atoms with Gasteiger partial charge in [-0.2, -0.15) is 0 Å². The molecule has 1 heterocycles. The molecule has 0 saturated carbocycles. The quantitative estimate of drug-likeness (QED) is 0.0714. The fourth-order valence-electron chi connectivity index (χ4n) is 11.1. The van der Waals surface area contributed by atoms with Crippen molar-refractivity contribution in [2.75, 3.05) is 0 Å². The standard InChI is InChI=1S/C60H69BO2/c1-9-11-13-15-16-20-38-60(37-19-14-12-10-2)53-22-18-17-21-49(53)52-36-31-47(41-56(52)60)46-30-35-51-50-34-29-45(39-54(50)57(3,4)55(51)40-46)44-25-23-42(24-26-44)43-27-32-48(33-28-43)61-62-58(5,6)59(7,8)63-61/h17-18,21-36,39-41H,9-16,19-20,37-38H2,1-8H3. The SMILES string of the molecule is CCCCCCCCC1(CCCCCC)c2ccccc2-c2ccc(-c3ccc4c(c3)C(C)(C)c3cc(-c5ccc(-c6ccc(B7OC(C)(C)C(C)(C)O7)cc6)cc5)ccc3-4)cc21. The largest absolute Gasteiger partial charge is 0.494 e. The second-order valence-corrected chi connectivity index (χ2v) is 20.6. The van der Waals surface area contributed by atoms with Gasteiger partial charge >= 0.3 is 7.12 Å². The lowest BCUT2D eigenvalue weighted by Gasteiger charge is -2.33. The van der Waals surface area contributed by atoms with Crippen molar-refractivity contribution in [3.63, 3.8) is 0 Å².